The molecular weight excluding hydrogens is 407 g/mol. The van der Waals surface area contributed by atoms with Crippen LogP contribution in [0.15, 0.2) is 48.5 Å². The molecule has 0 saturated heterocycles. The predicted octanol–water partition coefficient (Wildman–Crippen LogP) is 3.52. The fraction of sp³-hybridized carbons (Fsp3) is 0.409. The molecule has 0 aliphatic carbocycles. The number of nitrogens with zero attached hydrogens (tertiary/aromatic N) is 1. The topological polar surface area (TPSA) is 75.7 Å². The monoisotopic (exact) mass is 436 g/mol. The summed E-state index contributed by atoms with van der Waals surface area (Å²) in [4.78, 5) is 12.7. The molecule has 0 saturated carbocycles. The van der Waals surface area contributed by atoms with Crippen LogP contribution in [0.5, 0.6) is 5.75 Å². The van der Waals surface area contributed by atoms with Gasteiger partial charge in [-0.2, -0.15) is 0 Å². The molecule has 8 heteroatoms. The van der Waals surface area contributed by atoms with Crippen LogP contribution < -0.4 is 14.4 Å². The second-order valence-electron chi connectivity index (χ2n) is 6.99. The Morgan fingerprint density at radius 3 is 2.27 bits per heavy atom. The number of aryl methyl sites for hydroxylation is 1. The highest BCUT2D eigenvalue weighted by molar-refractivity contribution is 7.92. The second-order valence-corrected chi connectivity index (χ2v) is 8.85. The van der Waals surface area contributed by atoms with Gasteiger partial charge in [-0.1, -0.05) is 32.4 Å². The van der Waals surface area contributed by atoms with Crippen molar-refractivity contribution in [2.75, 3.05) is 23.7 Å². The Morgan fingerprint density at radius 2 is 1.73 bits per heavy atom. The molecule has 0 aromatic heterocycles. The molecule has 0 radical (unpaired) electrons. The van der Waals surface area contributed by atoms with Crippen LogP contribution in [0.1, 0.15) is 32.3 Å². The number of nitrogens with one attached hydrogen (secondary N) is 1. The van der Waals surface area contributed by atoms with Crippen molar-refractivity contribution in [3.63, 3.8) is 0 Å². The number of sulfonamides is 1. The smallest absolute Gasteiger partial charge is 0.244 e. The van der Waals surface area contributed by atoms with Crippen molar-refractivity contribution in [1.29, 1.82) is 0 Å². The number of hydrogen-bond acceptors (Lipinski definition) is 4. The number of benzene rings is 2. The zero-order valence-electron chi connectivity index (χ0n) is 17.6. The Hall–Kier alpha value is -2.61. The minimum Gasteiger partial charge on any atom is -0.492 e. The number of carbonyl (C=O) groups is 1. The van der Waals surface area contributed by atoms with E-state index in [1.165, 1.54) is 17.7 Å². The molecule has 2 aromatic carbocycles. The largest absolute Gasteiger partial charge is 0.492 e. The van der Waals surface area contributed by atoms with E-state index in [0.29, 0.717) is 5.75 Å². The Balaban J connectivity index is 1.97. The van der Waals surface area contributed by atoms with Crippen LogP contribution in [-0.4, -0.2) is 39.8 Å². The van der Waals surface area contributed by atoms with E-state index >= 15 is 0 Å². The first-order valence-corrected chi connectivity index (χ1v) is 11.9. The normalized spacial score (nSPS) is 12.3. The second kappa shape index (κ2) is 11.0. The first-order chi connectivity index (χ1) is 14.3. The quantitative estimate of drug-likeness (QED) is 0.547. The van der Waals surface area contributed by atoms with E-state index in [1.54, 1.807) is 6.92 Å². The average Bonchev–Trinajstić information content (AvgIpc) is 2.70. The highest BCUT2D eigenvalue weighted by Crippen LogP contribution is 2.22. The number of anilines is 1. The zero-order chi connectivity index (χ0) is 22.1. The molecular formula is C22H29FN2O4S. The minimum atomic E-state index is -3.75. The van der Waals surface area contributed by atoms with Gasteiger partial charge in [-0.15, -0.1) is 0 Å². The van der Waals surface area contributed by atoms with Crippen LogP contribution in [-0.2, 0) is 21.2 Å². The molecule has 1 N–H and O–H groups in total. The van der Waals surface area contributed by atoms with Crippen molar-refractivity contribution in [2.24, 2.45) is 0 Å². The molecule has 1 unspecified atom stereocenters. The summed E-state index contributed by atoms with van der Waals surface area (Å²) in [6.45, 7) is 4.33. The summed E-state index contributed by atoms with van der Waals surface area (Å²) in [6, 6.07) is 11.9. The van der Waals surface area contributed by atoms with E-state index in [2.05, 4.69) is 12.2 Å². The fourth-order valence-electron chi connectivity index (χ4n) is 3.15. The first-order valence-electron chi connectivity index (χ1n) is 10.0. The molecule has 0 bridgehead atoms. The average molecular weight is 437 g/mol. The highest BCUT2D eigenvalue weighted by atomic mass is 32.2. The molecule has 1 atom stereocenters. The third-order valence-corrected chi connectivity index (χ3v) is 5.72. The van der Waals surface area contributed by atoms with Crippen LogP contribution in [0.25, 0.3) is 0 Å². The van der Waals surface area contributed by atoms with Gasteiger partial charge in [0.25, 0.3) is 0 Å². The molecule has 0 spiro atoms. The molecule has 2 rings (SSSR count). The SMILES string of the molecule is CCCc1ccc(OCCNC(=O)C(CC)N(c2ccc(F)cc2)S(C)(=O)=O)cc1. The highest BCUT2D eigenvalue weighted by Gasteiger charge is 2.31. The first kappa shape index (κ1) is 23.7. The maximum absolute atomic E-state index is 13.2. The summed E-state index contributed by atoms with van der Waals surface area (Å²) in [5.41, 5.74) is 1.48. The molecule has 1 amide bonds. The molecule has 0 heterocycles. The predicted molar refractivity (Wildman–Crippen MR) is 117 cm³/mol. The number of hydrogen-bond donors (Lipinski definition) is 1. The minimum absolute atomic E-state index is 0.229. The maximum atomic E-state index is 13.2. The summed E-state index contributed by atoms with van der Waals surface area (Å²) in [7, 11) is -3.75. The van der Waals surface area contributed by atoms with Crippen LogP contribution in [0.4, 0.5) is 10.1 Å². The van der Waals surface area contributed by atoms with Gasteiger partial charge in [-0.3, -0.25) is 9.10 Å². The van der Waals surface area contributed by atoms with Crippen LogP contribution >= 0.6 is 0 Å². The maximum Gasteiger partial charge on any atom is 0.244 e. The van der Waals surface area contributed by atoms with Gasteiger partial charge in [-0.05, 0) is 54.8 Å². The lowest BCUT2D eigenvalue weighted by Crippen LogP contribution is -2.50. The van der Waals surface area contributed by atoms with Gasteiger partial charge in [0.15, 0.2) is 0 Å². The Bertz CT molecular complexity index is 915. The third-order valence-electron chi connectivity index (χ3n) is 4.54. The Labute approximate surface area is 178 Å². The number of rotatable bonds is 11. The van der Waals surface area contributed by atoms with Crippen molar-refractivity contribution in [2.45, 2.75) is 39.2 Å². The van der Waals surface area contributed by atoms with Crippen molar-refractivity contribution in [3.8, 4) is 5.75 Å². The van der Waals surface area contributed by atoms with Gasteiger partial charge in [0.05, 0.1) is 18.5 Å². The number of halogens is 1. The van der Waals surface area contributed by atoms with Gasteiger partial charge in [0, 0.05) is 0 Å². The number of ether oxygens (including phenoxy) is 1. The Kier molecular flexibility index (Phi) is 8.65. The van der Waals surface area contributed by atoms with Gasteiger partial charge in [-0.25, -0.2) is 12.8 Å². The summed E-state index contributed by atoms with van der Waals surface area (Å²) >= 11 is 0. The van der Waals surface area contributed by atoms with E-state index in [4.69, 9.17) is 4.74 Å². The molecule has 0 aliphatic heterocycles. The molecule has 2 aromatic rings. The fourth-order valence-corrected chi connectivity index (χ4v) is 4.36. The molecule has 6 nitrogen and oxygen atoms in total. The van der Waals surface area contributed by atoms with E-state index in [9.17, 15) is 17.6 Å². The van der Waals surface area contributed by atoms with E-state index in [0.717, 1.165) is 35.5 Å². The van der Waals surface area contributed by atoms with Gasteiger partial charge in [0.1, 0.15) is 24.2 Å². The zero-order valence-corrected chi connectivity index (χ0v) is 18.4. The van der Waals surface area contributed by atoms with Gasteiger partial charge < -0.3 is 10.1 Å². The lowest BCUT2D eigenvalue weighted by atomic mass is 10.1. The van der Waals surface area contributed by atoms with Crippen molar-refractivity contribution >= 4 is 21.6 Å². The van der Waals surface area contributed by atoms with Crippen molar-refractivity contribution in [3.05, 3.63) is 59.9 Å². The van der Waals surface area contributed by atoms with E-state index in [-0.39, 0.29) is 25.3 Å². The Morgan fingerprint density at radius 1 is 1.10 bits per heavy atom. The summed E-state index contributed by atoms with van der Waals surface area (Å²) < 4.78 is 44.6. The van der Waals surface area contributed by atoms with Crippen LogP contribution in [0.3, 0.4) is 0 Å². The number of amides is 1. The van der Waals surface area contributed by atoms with Crippen LogP contribution in [0.2, 0.25) is 0 Å². The molecule has 0 fully saturated rings. The summed E-state index contributed by atoms with van der Waals surface area (Å²) in [6.07, 6.45) is 3.38. The number of carbonyl (C=O) groups excluding carboxylic acids is 1. The van der Waals surface area contributed by atoms with Crippen molar-refractivity contribution < 1.29 is 22.3 Å². The molecule has 0 aliphatic rings. The molecule has 164 valence electrons. The summed E-state index contributed by atoms with van der Waals surface area (Å²) in [5, 5.41) is 2.73. The lowest BCUT2D eigenvalue weighted by molar-refractivity contribution is -0.122. The summed E-state index contributed by atoms with van der Waals surface area (Å²) in [5.74, 6) is -0.209. The van der Waals surface area contributed by atoms with E-state index < -0.39 is 27.8 Å². The van der Waals surface area contributed by atoms with Gasteiger partial charge in [0.2, 0.25) is 15.9 Å². The van der Waals surface area contributed by atoms with Crippen molar-refractivity contribution in [1.82, 2.24) is 5.32 Å². The lowest BCUT2D eigenvalue weighted by Gasteiger charge is -2.30. The standard InChI is InChI=1S/C22H29FN2O4S/c1-4-6-17-7-13-20(14-8-17)29-16-15-24-22(26)21(5-2)25(30(3,27)28)19-11-9-18(23)10-12-19/h7-14,21H,4-6,15-16H2,1-3H3,(H,24,26). The van der Waals surface area contributed by atoms with Crippen LogP contribution in [0, 0.1) is 5.82 Å². The third kappa shape index (κ3) is 6.73. The van der Waals surface area contributed by atoms with Gasteiger partial charge >= 0.3 is 0 Å². The van der Waals surface area contributed by atoms with E-state index in [1.807, 2.05) is 24.3 Å². The molecule has 30 heavy (non-hydrogen) atoms.